The van der Waals surface area contributed by atoms with Crippen molar-refractivity contribution in [3.63, 3.8) is 0 Å². The fourth-order valence-electron chi connectivity index (χ4n) is 4.89. The molecule has 5 rings (SSSR count). The van der Waals surface area contributed by atoms with Crippen molar-refractivity contribution in [1.82, 2.24) is 5.32 Å². The lowest BCUT2D eigenvalue weighted by Crippen LogP contribution is -2.37. The third-order valence-electron chi connectivity index (χ3n) is 6.53. The number of amides is 1. The van der Waals surface area contributed by atoms with Crippen molar-refractivity contribution in [2.75, 3.05) is 5.32 Å². The Morgan fingerprint density at radius 2 is 1.76 bits per heavy atom. The van der Waals surface area contributed by atoms with Crippen LogP contribution in [0.4, 0.5) is 10.1 Å². The first kappa shape index (κ1) is 22.3. The zero-order chi connectivity index (χ0) is 23.8. The van der Waals surface area contributed by atoms with E-state index in [1.54, 1.807) is 11.3 Å². The Morgan fingerprint density at radius 1 is 1.03 bits per heavy atom. The monoisotopic (exact) mass is 472 g/mol. The summed E-state index contributed by atoms with van der Waals surface area (Å²) in [7, 11) is 0. The minimum Gasteiger partial charge on any atom is -0.362 e. The lowest BCUT2D eigenvalue weighted by Gasteiger charge is -2.36. The molecule has 1 aromatic heterocycles. The van der Waals surface area contributed by atoms with E-state index in [4.69, 9.17) is 0 Å². The molecule has 1 aliphatic heterocycles. The second-order valence-electron chi connectivity index (χ2n) is 8.90. The number of aryl methyl sites for hydroxylation is 1. The first-order chi connectivity index (χ1) is 16.4. The maximum Gasteiger partial charge on any atom is 0.254 e. The Balaban J connectivity index is 1.55. The average molecular weight is 473 g/mol. The van der Waals surface area contributed by atoms with Gasteiger partial charge in [0.05, 0.1) is 0 Å². The summed E-state index contributed by atoms with van der Waals surface area (Å²) in [4.78, 5) is 28.3. The fraction of sp³-hybridized carbons (Fsp3) is 0.214. The van der Waals surface area contributed by atoms with E-state index >= 15 is 0 Å². The van der Waals surface area contributed by atoms with E-state index < -0.39 is 5.92 Å². The number of allylic oxidation sites excluding steroid dienone is 3. The van der Waals surface area contributed by atoms with Gasteiger partial charge in [-0.3, -0.25) is 9.59 Å². The molecule has 2 heterocycles. The van der Waals surface area contributed by atoms with Gasteiger partial charge in [-0.2, -0.15) is 0 Å². The number of thiophene rings is 1. The smallest absolute Gasteiger partial charge is 0.254 e. The molecule has 2 N–H and O–H groups in total. The highest BCUT2D eigenvalue weighted by Crippen LogP contribution is 2.46. The Labute approximate surface area is 202 Å². The highest BCUT2D eigenvalue weighted by atomic mass is 32.1. The third kappa shape index (κ3) is 4.21. The van der Waals surface area contributed by atoms with Crippen LogP contribution >= 0.6 is 11.3 Å². The van der Waals surface area contributed by atoms with Crippen molar-refractivity contribution >= 4 is 28.7 Å². The zero-order valence-electron chi connectivity index (χ0n) is 19.0. The molecule has 0 spiro atoms. The van der Waals surface area contributed by atoms with Gasteiger partial charge in [-0.15, -0.1) is 11.3 Å². The summed E-state index contributed by atoms with van der Waals surface area (Å²) < 4.78 is 13.3. The van der Waals surface area contributed by atoms with E-state index in [2.05, 4.69) is 16.7 Å². The minimum atomic E-state index is -0.464. The van der Waals surface area contributed by atoms with E-state index in [0.29, 0.717) is 23.3 Å². The molecule has 3 aromatic rings. The summed E-state index contributed by atoms with van der Waals surface area (Å²) >= 11 is 1.67. The first-order valence-corrected chi connectivity index (χ1v) is 12.2. The predicted molar refractivity (Wildman–Crippen MR) is 133 cm³/mol. The molecule has 0 saturated carbocycles. The number of hydrogen-bond acceptors (Lipinski definition) is 4. The summed E-state index contributed by atoms with van der Waals surface area (Å²) in [5, 5.41) is 8.32. The van der Waals surface area contributed by atoms with Gasteiger partial charge in [0, 0.05) is 51.4 Å². The molecule has 2 aromatic carbocycles. The number of dihydropyridines is 1. The van der Waals surface area contributed by atoms with Gasteiger partial charge in [0.2, 0.25) is 0 Å². The summed E-state index contributed by atoms with van der Waals surface area (Å²) in [5.74, 6) is -0.929. The highest BCUT2D eigenvalue weighted by molar-refractivity contribution is 7.10. The van der Waals surface area contributed by atoms with Crippen LogP contribution in [0.5, 0.6) is 0 Å². The van der Waals surface area contributed by atoms with Gasteiger partial charge in [0.25, 0.3) is 5.91 Å². The molecule has 0 radical (unpaired) electrons. The number of nitrogens with one attached hydrogen (secondary N) is 2. The molecule has 0 bridgehead atoms. The number of carbonyl (C=O) groups is 2. The van der Waals surface area contributed by atoms with Crippen LogP contribution in [0.1, 0.15) is 47.6 Å². The van der Waals surface area contributed by atoms with Gasteiger partial charge in [-0.05, 0) is 61.5 Å². The van der Waals surface area contributed by atoms with Crippen LogP contribution in [0.25, 0.3) is 0 Å². The number of halogens is 1. The molecule has 1 amide bonds. The lowest BCUT2D eigenvalue weighted by atomic mass is 9.72. The molecule has 34 heavy (non-hydrogen) atoms. The average Bonchev–Trinajstić information content (AvgIpc) is 3.35. The maximum atomic E-state index is 13.6. The maximum absolute atomic E-state index is 13.6. The van der Waals surface area contributed by atoms with Crippen molar-refractivity contribution in [2.45, 2.75) is 38.5 Å². The Kier molecular flexibility index (Phi) is 5.92. The van der Waals surface area contributed by atoms with Crippen LogP contribution in [-0.2, 0) is 9.59 Å². The van der Waals surface area contributed by atoms with Crippen molar-refractivity contribution < 1.29 is 14.0 Å². The van der Waals surface area contributed by atoms with Crippen LogP contribution in [0.3, 0.4) is 0 Å². The number of anilines is 1. The van der Waals surface area contributed by atoms with Gasteiger partial charge >= 0.3 is 0 Å². The van der Waals surface area contributed by atoms with Crippen molar-refractivity contribution in [1.29, 1.82) is 0 Å². The second kappa shape index (κ2) is 9.03. The normalized spacial score (nSPS) is 20.1. The molecular weight excluding hydrogens is 447 g/mol. The zero-order valence-corrected chi connectivity index (χ0v) is 19.8. The van der Waals surface area contributed by atoms with Crippen LogP contribution in [0.15, 0.2) is 88.6 Å². The van der Waals surface area contributed by atoms with Gasteiger partial charge in [-0.25, -0.2) is 4.39 Å². The van der Waals surface area contributed by atoms with Crippen LogP contribution in [0, 0.1) is 12.7 Å². The molecule has 172 valence electrons. The predicted octanol–water partition coefficient (Wildman–Crippen LogP) is 6.20. The van der Waals surface area contributed by atoms with E-state index in [1.807, 2.05) is 49.6 Å². The van der Waals surface area contributed by atoms with Crippen LogP contribution in [-0.4, -0.2) is 11.7 Å². The van der Waals surface area contributed by atoms with Gasteiger partial charge in [-0.1, -0.05) is 35.9 Å². The first-order valence-electron chi connectivity index (χ1n) is 11.3. The van der Waals surface area contributed by atoms with Crippen LogP contribution in [0.2, 0.25) is 0 Å². The Bertz CT molecular complexity index is 1310. The van der Waals surface area contributed by atoms with E-state index in [-0.39, 0.29) is 23.4 Å². The Hall–Kier alpha value is -3.51. The topological polar surface area (TPSA) is 58.2 Å². The van der Waals surface area contributed by atoms with Gasteiger partial charge in [0.15, 0.2) is 5.78 Å². The lowest BCUT2D eigenvalue weighted by molar-refractivity contribution is -0.116. The quantitative estimate of drug-likeness (QED) is 0.476. The molecule has 0 saturated heterocycles. The molecule has 2 aliphatic rings. The SMILES string of the molecule is CC1=C(C(=O)Nc2ccc(F)cc2)[C@H](c2ccc(C)cc2)C2=C(C[C@H](c3cccs3)CC2=O)N1. The molecular formula is C28H25FN2O2S. The third-order valence-corrected chi connectivity index (χ3v) is 7.57. The number of Topliss-reactive ketones (excluding diaryl/α,β-unsaturated/α-hetero) is 1. The van der Waals surface area contributed by atoms with Crippen molar-refractivity contribution in [3.05, 3.63) is 110 Å². The largest absolute Gasteiger partial charge is 0.362 e. The van der Waals surface area contributed by atoms with Gasteiger partial charge < -0.3 is 10.6 Å². The highest BCUT2D eigenvalue weighted by Gasteiger charge is 2.41. The molecule has 6 heteroatoms. The van der Waals surface area contributed by atoms with E-state index in [0.717, 1.165) is 28.9 Å². The Morgan fingerprint density at radius 3 is 2.44 bits per heavy atom. The molecule has 0 unspecified atom stereocenters. The van der Waals surface area contributed by atoms with Gasteiger partial charge in [0.1, 0.15) is 5.82 Å². The summed E-state index contributed by atoms with van der Waals surface area (Å²) in [6, 6.07) is 17.8. The minimum absolute atomic E-state index is 0.0670. The molecule has 2 atom stereocenters. The summed E-state index contributed by atoms with van der Waals surface area (Å²) in [5.41, 5.74) is 5.33. The number of hydrogen-bond donors (Lipinski definition) is 2. The standard InChI is InChI=1S/C28H25FN2O2S/c1-16-5-7-18(8-6-16)26-25(28(33)31-21-11-9-20(29)10-12-21)17(2)30-22-14-19(15-23(32)27(22)26)24-4-3-13-34-24/h3-13,19,26,30H,14-15H2,1-2H3,(H,31,33)/t19-,26-/m0/s1. The number of carbonyl (C=O) groups excluding carboxylic acids is 2. The van der Waals surface area contributed by atoms with E-state index in [9.17, 15) is 14.0 Å². The fourth-order valence-corrected chi connectivity index (χ4v) is 5.72. The van der Waals surface area contributed by atoms with Crippen molar-refractivity contribution in [3.8, 4) is 0 Å². The number of benzene rings is 2. The van der Waals surface area contributed by atoms with Crippen LogP contribution < -0.4 is 10.6 Å². The second-order valence-corrected chi connectivity index (χ2v) is 9.88. The molecule has 0 fully saturated rings. The number of rotatable bonds is 4. The molecule has 1 aliphatic carbocycles. The molecule has 4 nitrogen and oxygen atoms in total. The summed E-state index contributed by atoms with van der Waals surface area (Å²) in [6.07, 6.45) is 1.16. The van der Waals surface area contributed by atoms with E-state index in [1.165, 1.54) is 29.1 Å². The van der Waals surface area contributed by atoms with Crippen molar-refractivity contribution in [2.24, 2.45) is 0 Å². The number of ketones is 1. The summed E-state index contributed by atoms with van der Waals surface area (Å²) in [6.45, 7) is 3.89.